The van der Waals surface area contributed by atoms with Gasteiger partial charge >= 0.3 is 0 Å². The van der Waals surface area contributed by atoms with Gasteiger partial charge in [0.2, 0.25) is 0 Å². The van der Waals surface area contributed by atoms with Gasteiger partial charge in [0.25, 0.3) is 0 Å². The average molecular weight is 257 g/mol. The van der Waals surface area contributed by atoms with Crippen molar-refractivity contribution in [2.45, 2.75) is 18.3 Å². The first kappa shape index (κ1) is 11.5. The Morgan fingerprint density at radius 2 is 1.61 bits per heavy atom. The Hall–Kier alpha value is -1.60. The van der Waals surface area contributed by atoms with Crippen LogP contribution >= 0.6 is 11.6 Å². The summed E-state index contributed by atoms with van der Waals surface area (Å²) in [4.78, 5) is 12.2. The summed E-state index contributed by atoms with van der Waals surface area (Å²) < 4.78 is 0. The van der Waals surface area contributed by atoms with Gasteiger partial charge in [-0.1, -0.05) is 60.1 Å². The molecular weight excluding hydrogens is 244 g/mol. The molecule has 0 N–H and O–H groups in total. The van der Waals surface area contributed by atoms with Gasteiger partial charge in [-0.3, -0.25) is 4.79 Å². The molecule has 0 aromatic heterocycles. The maximum absolute atomic E-state index is 12.2. The molecule has 1 nitrogen and oxygen atoms in total. The summed E-state index contributed by atoms with van der Waals surface area (Å²) in [5.41, 5.74) is 1.48. The van der Waals surface area contributed by atoms with Crippen LogP contribution in [0.2, 0.25) is 5.02 Å². The van der Waals surface area contributed by atoms with Crippen molar-refractivity contribution in [2.24, 2.45) is 0 Å². The number of rotatable bonds is 2. The van der Waals surface area contributed by atoms with Gasteiger partial charge in [0.15, 0.2) is 0 Å². The number of carbonyl (C=O) groups excluding carboxylic acids is 1. The number of hydrogen-bond acceptors (Lipinski definition) is 1. The largest absolute Gasteiger partial charge is 0.298 e. The molecule has 0 heterocycles. The number of hydrogen-bond donors (Lipinski definition) is 0. The van der Waals surface area contributed by atoms with Gasteiger partial charge in [0, 0.05) is 11.4 Å². The van der Waals surface area contributed by atoms with E-state index in [1.807, 2.05) is 54.6 Å². The van der Waals surface area contributed by atoms with Gasteiger partial charge in [0.05, 0.1) is 5.41 Å². The molecule has 2 aromatic carbocycles. The summed E-state index contributed by atoms with van der Waals surface area (Å²) in [7, 11) is 0. The maximum atomic E-state index is 12.2. The van der Waals surface area contributed by atoms with Gasteiger partial charge < -0.3 is 0 Å². The Morgan fingerprint density at radius 1 is 0.944 bits per heavy atom. The second kappa shape index (κ2) is 4.25. The summed E-state index contributed by atoms with van der Waals surface area (Å²) >= 11 is 6.28. The first-order valence-electron chi connectivity index (χ1n) is 6.09. The van der Waals surface area contributed by atoms with Crippen LogP contribution in [0.15, 0.2) is 54.6 Å². The van der Waals surface area contributed by atoms with Gasteiger partial charge in [-0.2, -0.15) is 0 Å². The fourth-order valence-electron chi connectivity index (χ4n) is 2.75. The van der Waals surface area contributed by atoms with E-state index in [9.17, 15) is 4.79 Å². The molecule has 0 aliphatic heterocycles. The number of Topliss-reactive ketones (excluding diaryl/α,β-unsaturated/α-hetero) is 1. The minimum Gasteiger partial charge on any atom is -0.298 e. The highest BCUT2D eigenvalue weighted by molar-refractivity contribution is 6.32. The zero-order valence-electron chi connectivity index (χ0n) is 9.90. The Bertz CT molecular complexity index is 591. The maximum Gasteiger partial charge on any atom is 0.147 e. The number of ketones is 1. The van der Waals surface area contributed by atoms with Crippen LogP contribution in [0.3, 0.4) is 0 Å². The van der Waals surface area contributed by atoms with E-state index in [0.717, 1.165) is 17.5 Å². The molecule has 1 atom stereocenters. The fourth-order valence-corrected chi connectivity index (χ4v) is 3.05. The van der Waals surface area contributed by atoms with Crippen LogP contribution in [-0.2, 0) is 10.2 Å². The lowest BCUT2D eigenvalue weighted by Gasteiger charge is -2.41. The number of halogens is 1. The normalized spacial score (nSPS) is 22.6. The minimum absolute atomic E-state index is 0.266. The highest BCUT2D eigenvalue weighted by Crippen LogP contribution is 2.48. The quantitative estimate of drug-likeness (QED) is 0.794. The number of benzene rings is 2. The first-order chi connectivity index (χ1) is 8.75. The van der Waals surface area contributed by atoms with Crippen molar-refractivity contribution in [3.63, 3.8) is 0 Å². The molecule has 0 radical (unpaired) electrons. The van der Waals surface area contributed by atoms with Crippen molar-refractivity contribution >= 4 is 17.4 Å². The molecule has 18 heavy (non-hydrogen) atoms. The summed E-state index contributed by atoms with van der Waals surface area (Å²) in [5.74, 6) is 0.266. The third-order valence-electron chi connectivity index (χ3n) is 3.80. The smallest absolute Gasteiger partial charge is 0.147 e. The molecule has 0 amide bonds. The Morgan fingerprint density at radius 3 is 2.17 bits per heavy atom. The van der Waals surface area contributed by atoms with Crippen molar-refractivity contribution in [1.82, 2.24) is 0 Å². The molecule has 90 valence electrons. The molecule has 3 rings (SSSR count). The lowest BCUT2D eigenvalue weighted by Crippen LogP contribution is -2.46. The van der Waals surface area contributed by atoms with E-state index in [2.05, 4.69) is 0 Å². The molecule has 0 spiro atoms. The summed E-state index contributed by atoms with van der Waals surface area (Å²) in [5, 5.41) is 0.675. The molecule has 1 aliphatic carbocycles. The average Bonchev–Trinajstić information content (AvgIpc) is 2.41. The summed E-state index contributed by atoms with van der Waals surface area (Å²) in [6.07, 6.45) is 1.49. The SMILES string of the molecule is O=C1CCC1(c1ccccc1)c1ccccc1Cl. The van der Waals surface area contributed by atoms with E-state index in [4.69, 9.17) is 11.6 Å². The third-order valence-corrected chi connectivity index (χ3v) is 4.13. The van der Waals surface area contributed by atoms with E-state index in [0.29, 0.717) is 11.4 Å². The van der Waals surface area contributed by atoms with Crippen LogP contribution in [0.25, 0.3) is 0 Å². The molecule has 2 aromatic rings. The van der Waals surface area contributed by atoms with Crippen molar-refractivity contribution < 1.29 is 4.79 Å². The van der Waals surface area contributed by atoms with Crippen LogP contribution in [0.4, 0.5) is 0 Å². The minimum atomic E-state index is -0.514. The topological polar surface area (TPSA) is 17.1 Å². The Balaban J connectivity index is 2.21. The van der Waals surface area contributed by atoms with Crippen LogP contribution in [0.1, 0.15) is 24.0 Å². The van der Waals surface area contributed by atoms with Crippen molar-refractivity contribution in [2.75, 3.05) is 0 Å². The fraction of sp³-hybridized carbons (Fsp3) is 0.188. The molecule has 2 heteroatoms. The van der Waals surface area contributed by atoms with E-state index in [1.165, 1.54) is 0 Å². The van der Waals surface area contributed by atoms with Crippen LogP contribution in [-0.4, -0.2) is 5.78 Å². The van der Waals surface area contributed by atoms with E-state index in [1.54, 1.807) is 0 Å². The molecule has 0 bridgehead atoms. The summed E-state index contributed by atoms with van der Waals surface area (Å²) in [6, 6.07) is 17.6. The van der Waals surface area contributed by atoms with Gasteiger partial charge in [-0.05, 0) is 23.6 Å². The lowest BCUT2D eigenvalue weighted by molar-refractivity contribution is -0.129. The molecule has 1 fully saturated rings. The molecule has 1 unspecified atom stereocenters. The molecule has 0 saturated heterocycles. The van der Waals surface area contributed by atoms with Gasteiger partial charge in [-0.25, -0.2) is 0 Å². The molecule has 1 aliphatic rings. The highest BCUT2D eigenvalue weighted by Gasteiger charge is 2.49. The molecule has 1 saturated carbocycles. The van der Waals surface area contributed by atoms with E-state index < -0.39 is 5.41 Å². The van der Waals surface area contributed by atoms with Crippen LogP contribution in [0.5, 0.6) is 0 Å². The second-order valence-corrected chi connectivity index (χ2v) is 5.08. The second-order valence-electron chi connectivity index (χ2n) is 4.67. The van der Waals surface area contributed by atoms with Crippen LogP contribution < -0.4 is 0 Å². The van der Waals surface area contributed by atoms with Gasteiger partial charge in [0.1, 0.15) is 5.78 Å². The zero-order valence-corrected chi connectivity index (χ0v) is 10.7. The lowest BCUT2D eigenvalue weighted by atomic mass is 9.59. The standard InChI is InChI=1S/C16H13ClO/c17-14-9-5-4-8-13(14)16(11-10-15(16)18)12-6-2-1-3-7-12/h1-9H,10-11H2. The van der Waals surface area contributed by atoms with E-state index in [-0.39, 0.29) is 5.78 Å². The highest BCUT2D eigenvalue weighted by atomic mass is 35.5. The zero-order chi connectivity index (χ0) is 12.6. The Labute approximate surface area is 111 Å². The number of carbonyl (C=O) groups is 1. The van der Waals surface area contributed by atoms with Gasteiger partial charge in [-0.15, -0.1) is 0 Å². The van der Waals surface area contributed by atoms with E-state index >= 15 is 0 Å². The van der Waals surface area contributed by atoms with Crippen molar-refractivity contribution in [3.8, 4) is 0 Å². The predicted octanol–water partition coefficient (Wildman–Crippen LogP) is 3.99. The third kappa shape index (κ3) is 1.51. The monoisotopic (exact) mass is 256 g/mol. The predicted molar refractivity (Wildman–Crippen MR) is 72.9 cm³/mol. The van der Waals surface area contributed by atoms with Crippen molar-refractivity contribution in [1.29, 1.82) is 0 Å². The Kier molecular flexibility index (Phi) is 2.71. The van der Waals surface area contributed by atoms with Crippen molar-refractivity contribution in [3.05, 3.63) is 70.7 Å². The first-order valence-corrected chi connectivity index (χ1v) is 6.47. The molecular formula is C16H13ClO. The van der Waals surface area contributed by atoms with Crippen LogP contribution in [0, 0.1) is 0 Å². The summed E-state index contributed by atoms with van der Waals surface area (Å²) in [6.45, 7) is 0.